The molecule has 0 atom stereocenters. The van der Waals surface area contributed by atoms with Gasteiger partial charge in [-0.1, -0.05) is 167 Å². The Hall–Kier alpha value is -7.62. The van der Waals surface area contributed by atoms with Crippen LogP contribution in [0.4, 0.5) is 51.2 Å². The van der Waals surface area contributed by atoms with E-state index in [0.29, 0.717) is 5.92 Å². The molecule has 67 heavy (non-hydrogen) atoms. The summed E-state index contributed by atoms with van der Waals surface area (Å²) in [6, 6.07) is 82.8. The van der Waals surface area contributed by atoms with Crippen LogP contribution in [0.25, 0.3) is 22.3 Å². The Morgan fingerprint density at radius 3 is 1.31 bits per heavy atom. The van der Waals surface area contributed by atoms with Crippen LogP contribution in [-0.2, 0) is 5.41 Å². The number of fused-ring (bicyclic) bond motifs is 3. The van der Waals surface area contributed by atoms with E-state index in [1.54, 1.807) is 0 Å². The van der Waals surface area contributed by atoms with Gasteiger partial charge in [0.1, 0.15) is 0 Å². The van der Waals surface area contributed by atoms with Crippen LogP contribution in [0.2, 0.25) is 0 Å². The van der Waals surface area contributed by atoms with E-state index in [1.165, 1.54) is 76.6 Å². The molecule has 9 aromatic rings. The normalized spacial score (nSPS) is 14.0. The Kier molecular flexibility index (Phi) is 11.3. The SMILES string of the molecule is Cc1cccc2c1-c1ccc(N(c3ccc(-c4ccccc4)cc3)c3cc(N(c4ccccc4)c4ccccc4)cc(N(c4ccccc4)c4ccc(C5CCCCC5)cc4)c3)cc1C2(C)C. The van der Waals surface area contributed by atoms with E-state index in [2.05, 4.69) is 260 Å². The van der Waals surface area contributed by atoms with Gasteiger partial charge in [-0.05, 0) is 161 Å². The fraction of sp³-hybridized carbons (Fsp3) is 0.156. The van der Waals surface area contributed by atoms with Crippen molar-refractivity contribution in [2.75, 3.05) is 14.7 Å². The minimum Gasteiger partial charge on any atom is -0.310 e. The zero-order chi connectivity index (χ0) is 45.3. The van der Waals surface area contributed by atoms with Crippen molar-refractivity contribution in [3.05, 3.63) is 247 Å². The standard InChI is InChI=1S/C64H57N3/c1-46-20-19-31-61-63(46)60-41-40-56(45-62(60)64(61,2)3)67(55-38-34-50(35-39-55)48-23-11-5-12-24-48)59-43-57(65(51-25-13-6-14-26-51)52-27-15-7-16-28-52)42-58(44-59)66(53-29-17-8-18-30-53)54-36-32-49(33-37-54)47-21-9-4-10-22-47/h5-8,11-20,23-45,47H,4,9-10,21-22H2,1-3H3. The molecular weight excluding hydrogens is 811 g/mol. The van der Waals surface area contributed by atoms with Gasteiger partial charge in [-0.15, -0.1) is 0 Å². The van der Waals surface area contributed by atoms with E-state index in [9.17, 15) is 0 Å². The summed E-state index contributed by atoms with van der Waals surface area (Å²) in [5.41, 5.74) is 20.2. The molecule has 2 aliphatic rings. The molecule has 0 aliphatic heterocycles. The fourth-order valence-electron chi connectivity index (χ4n) is 10.9. The second-order valence-corrected chi connectivity index (χ2v) is 18.9. The van der Waals surface area contributed by atoms with Gasteiger partial charge in [0, 0.05) is 39.5 Å². The number of aryl methyl sites for hydroxylation is 1. The molecule has 3 nitrogen and oxygen atoms in total. The summed E-state index contributed by atoms with van der Waals surface area (Å²) in [7, 11) is 0. The molecule has 0 saturated heterocycles. The molecule has 0 unspecified atom stereocenters. The zero-order valence-corrected chi connectivity index (χ0v) is 38.8. The first-order chi connectivity index (χ1) is 32.9. The number of hydrogen-bond acceptors (Lipinski definition) is 3. The molecule has 0 radical (unpaired) electrons. The van der Waals surface area contributed by atoms with Gasteiger partial charge in [0.2, 0.25) is 0 Å². The minimum atomic E-state index is -0.173. The molecule has 3 heteroatoms. The van der Waals surface area contributed by atoms with E-state index in [-0.39, 0.29) is 5.41 Å². The highest BCUT2D eigenvalue weighted by Crippen LogP contribution is 2.53. The van der Waals surface area contributed by atoms with Gasteiger partial charge in [-0.2, -0.15) is 0 Å². The second-order valence-electron chi connectivity index (χ2n) is 18.9. The topological polar surface area (TPSA) is 9.72 Å². The third kappa shape index (κ3) is 8.10. The molecule has 0 N–H and O–H groups in total. The van der Waals surface area contributed by atoms with E-state index in [1.807, 2.05) is 0 Å². The molecule has 2 aliphatic carbocycles. The Balaban J connectivity index is 1.15. The Labute approximate surface area is 397 Å². The molecular formula is C64H57N3. The first-order valence-corrected chi connectivity index (χ1v) is 24.1. The predicted octanol–water partition coefficient (Wildman–Crippen LogP) is 18.4. The van der Waals surface area contributed by atoms with Crippen molar-refractivity contribution in [3.8, 4) is 22.3 Å². The van der Waals surface area contributed by atoms with Gasteiger partial charge in [-0.3, -0.25) is 0 Å². The Morgan fingerprint density at radius 2 is 0.791 bits per heavy atom. The highest BCUT2D eigenvalue weighted by Gasteiger charge is 2.37. The monoisotopic (exact) mass is 867 g/mol. The molecule has 0 aromatic heterocycles. The maximum absolute atomic E-state index is 2.47. The lowest BCUT2D eigenvalue weighted by Crippen LogP contribution is -2.18. The van der Waals surface area contributed by atoms with Crippen molar-refractivity contribution in [1.29, 1.82) is 0 Å². The predicted molar refractivity (Wildman–Crippen MR) is 284 cm³/mol. The number of nitrogens with zero attached hydrogens (tertiary/aromatic N) is 3. The first kappa shape index (κ1) is 42.0. The summed E-state index contributed by atoms with van der Waals surface area (Å²) in [6.45, 7) is 7.01. The number of rotatable bonds is 11. The maximum atomic E-state index is 2.47. The number of benzene rings is 9. The molecule has 0 bridgehead atoms. The molecule has 9 aromatic carbocycles. The molecule has 11 rings (SSSR count). The molecule has 0 spiro atoms. The van der Waals surface area contributed by atoms with Crippen molar-refractivity contribution in [2.45, 2.75) is 64.2 Å². The molecule has 0 heterocycles. The summed E-state index contributed by atoms with van der Waals surface area (Å²) < 4.78 is 0. The second kappa shape index (κ2) is 18.0. The van der Waals surface area contributed by atoms with Crippen LogP contribution >= 0.6 is 0 Å². The van der Waals surface area contributed by atoms with Crippen LogP contribution in [-0.4, -0.2) is 0 Å². The lowest BCUT2D eigenvalue weighted by atomic mass is 9.82. The molecule has 0 amide bonds. The van der Waals surface area contributed by atoms with Crippen molar-refractivity contribution in [2.24, 2.45) is 0 Å². The van der Waals surface area contributed by atoms with Crippen LogP contribution in [0.5, 0.6) is 0 Å². The Morgan fingerprint density at radius 1 is 0.358 bits per heavy atom. The lowest BCUT2D eigenvalue weighted by Gasteiger charge is -2.33. The third-order valence-corrected chi connectivity index (χ3v) is 14.3. The third-order valence-electron chi connectivity index (χ3n) is 14.3. The van der Waals surface area contributed by atoms with Gasteiger partial charge in [0.05, 0.1) is 17.1 Å². The van der Waals surface area contributed by atoms with Gasteiger partial charge >= 0.3 is 0 Å². The van der Waals surface area contributed by atoms with Crippen LogP contribution < -0.4 is 14.7 Å². The average molecular weight is 868 g/mol. The number of anilines is 9. The highest BCUT2D eigenvalue weighted by atomic mass is 15.2. The maximum Gasteiger partial charge on any atom is 0.0503 e. The van der Waals surface area contributed by atoms with Crippen molar-refractivity contribution < 1.29 is 0 Å². The van der Waals surface area contributed by atoms with Crippen LogP contribution in [0.15, 0.2) is 224 Å². The molecule has 1 fully saturated rings. The number of para-hydroxylation sites is 3. The summed E-state index contributed by atoms with van der Waals surface area (Å²) >= 11 is 0. The van der Waals surface area contributed by atoms with Gasteiger partial charge in [-0.25, -0.2) is 0 Å². The highest BCUT2D eigenvalue weighted by molar-refractivity contribution is 5.91. The summed E-state index contributed by atoms with van der Waals surface area (Å²) in [5.74, 6) is 0.629. The average Bonchev–Trinajstić information content (AvgIpc) is 3.62. The van der Waals surface area contributed by atoms with Crippen LogP contribution in [0.3, 0.4) is 0 Å². The molecule has 1 saturated carbocycles. The van der Waals surface area contributed by atoms with Gasteiger partial charge < -0.3 is 14.7 Å². The van der Waals surface area contributed by atoms with Crippen molar-refractivity contribution in [3.63, 3.8) is 0 Å². The van der Waals surface area contributed by atoms with Crippen molar-refractivity contribution >= 4 is 51.2 Å². The van der Waals surface area contributed by atoms with E-state index in [4.69, 9.17) is 0 Å². The van der Waals surface area contributed by atoms with Gasteiger partial charge in [0.15, 0.2) is 0 Å². The summed E-state index contributed by atoms with van der Waals surface area (Å²) in [4.78, 5) is 7.30. The summed E-state index contributed by atoms with van der Waals surface area (Å²) in [5, 5.41) is 0. The number of hydrogen-bond donors (Lipinski definition) is 0. The van der Waals surface area contributed by atoms with E-state index in [0.717, 1.165) is 51.2 Å². The fourth-order valence-corrected chi connectivity index (χ4v) is 10.9. The van der Waals surface area contributed by atoms with E-state index >= 15 is 0 Å². The molecule has 328 valence electrons. The van der Waals surface area contributed by atoms with Crippen LogP contribution in [0, 0.1) is 6.92 Å². The Bertz CT molecular complexity index is 3080. The minimum absolute atomic E-state index is 0.173. The largest absolute Gasteiger partial charge is 0.310 e. The van der Waals surface area contributed by atoms with Crippen molar-refractivity contribution in [1.82, 2.24) is 0 Å². The summed E-state index contributed by atoms with van der Waals surface area (Å²) in [6.07, 6.45) is 6.53. The lowest BCUT2D eigenvalue weighted by molar-refractivity contribution is 0.443. The first-order valence-electron chi connectivity index (χ1n) is 24.1. The van der Waals surface area contributed by atoms with E-state index < -0.39 is 0 Å². The smallest absolute Gasteiger partial charge is 0.0503 e. The quantitative estimate of drug-likeness (QED) is 0.128. The van der Waals surface area contributed by atoms with Gasteiger partial charge in [0.25, 0.3) is 0 Å². The zero-order valence-electron chi connectivity index (χ0n) is 38.8. The van der Waals surface area contributed by atoms with Crippen LogP contribution in [0.1, 0.15) is 74.1 Å².